The minimum atomic E-state index is -0.349. The zero-order chi connectivity index (χ0) is 12.4. The third-order valence-electron chi connectivity index (χ3n) is 2.77. The van der Waals surface area contributed by atoms with E-state index in [0.29, 0.717) is 11.4 Å². The van der Waals surface area contributed by atoms with Gasteiger partial charge in [-0.05, 0) is 53.9 Å². The molecule has 92 valence electrons. The molecule has 1 aromatic carbocycles. The summed E-state index contributed by atoms with van der Waals surface area (Å²) >= 11 is 3.37. The van der Waals surface area contributed by atoms with Gasteiger partial charge >= 0.3 is 0 Å². The Morgan fingerprint density at radius 3 is 2.94 bits per heavy atom. The van der Waals surface area contributed by atoms with Crippen LogP contribution in [0.2, 0.25) is 0 Å². The number of carbonyl (C=O) groups is 1. The van der Waals surface area contributed by atoms with Crippen LogP contribution in [-0.2, 0) is 9.53 Å². The minimum Gasteiger partial charge on any atom is -0.399 e. The predicted octanol–water partition coefficient (Wildman–Crippen LogP) is 2.54. The van der Waals surface area contributed by atoms with Gasteiger partial charge in [-0.2, -0.15) is 0 Å². The second kappa shape index (κ2) is 5.06. The van der Waals surface area contributed by atoms with Gasteiger partial charge in [-0.15, -0.1) is 0 Å². The van der Waals surface area contributed by atoms with E-state index in [1.165, 1.54) is 0 Å². The average molecular weight is 299 g/mol. The van der Waals surface area contributed by atoms with Crippen molar-refractivity contribution in [2.75, 3.05) is 11.1 Å². The topological polar surface area (TPSA) is 64.4 Å². The van der Waals surface area contributed by atoms with Crippen LogP contribution in [0.15, 0.2) is 22.7 Å². The molecule has 0 aliphatic carbocycles. The zero-order valence-corrected chi connectivity index (χ0v) is 11.2. The van der Waals surface area contributed by atoms with E-state index in [0.717, 1.165) is 17.3 Å². The number of rotatable bonds is 2. The molecule has 0 saturated carbocycles. The van der Waals surface area contributed by atoms with Crippen molar-refractivity contribution in [1.82, 2.24) is 0 Å². The molecule has 4 nitrogen and oxygen atoms in total. The molecule has 1 amide bonds. The molecule has 3 N–H and O–H groups in total. The summed E-state index contributed by atoms with van der Waals surface area (Å²) in [4.78, 5) is 11.9. The van der Waals surface area contributed by atoms with E-state index in [1.54, 1.807) is 12.1 Å². The highest BCUT2D eigenvalue weighted by Gasteiger charge is 2.28. The van der Waals surface area contributed by atoms with Gasteiger partial charge in [-0.25, -0.2) is 0 Å². The molecule has 1 aliphatic heterocycles. The molecule has 2 rings (SSSR count). The Bertz CT molecular complexity index is 437. The van der Waals surface area contributed by atoms with Gasteiger partial charge in [0.2, 0.25) is 0 Å². The number of anilines is 2. The number of ether oxygens (including phenoxy) is 1. The van der Waals surface area contributed by atoms with Gasteiger partial charge in [0, 0.05) is 10.2 Å². The molecule has 2 unspecified atom stereocenters. The van der Waals surface area contributed by atoms with Crippen molar-refractivity contribution in [2.45, 2.75) is 32.0 Å². The number of carbonyl (C=O) groups excluding carboxylic acids is 1. The second-order valence-corrected chi connectivity index (χ2v) is 5.10. The number of benzene rings is 1. The summed E-state index contributed by atoms with van der Waals surface area (Å²) in [7, 11) is 0. The zero-order valence-electron chi connectivity index (χ0n) is 9.57. The van der Waals surface area contributed by atoms with Crippen molar-refractivity contribution in [3.63, 3.8) is 0 Å². The number of halogens is 1. The first kappa shape index (κ1) is 12.4. The van der Waals surface area contributed by atoms with Crippen molar-refractivity contribution >= 4 is 33.2 Å². The van der Waals surface area contributed by atoms with Crippen molar-refractivity contribution in [3.05, 3.63) is 22.7 Å². The molecule has 1 saturated heterocycles. The fourth-order valence-electron chi connectivity index (χ4n) is 1.85. The first-order chi connectivity index (χ1) is 8.06. The smallest absolute Gasteiger partial charge is 0.253 e. The van der Waals surface area contributed by atoms with Gasteiger partial charge in [0.15, 0.2) is 0 Å². The Morgan fingerprint density at radius 2 is 2.29 bits per heavy atom. The molecule has 1 fully saturated rings. The van der Waals surface area contributed by atoms with Gasteiger partial charge in [0.1, 0.15) is 6.10 Å². The Kier molecular flexibility index (Phi) is 3.69. The monoisotopic (exact) mass is 298 g/mol. The SMILES string of the molecule is CC1CCC(C(=O)Nc2cc(N)ccc2Br)O1. The maximum atomic E-state index is 11.9. The van der Waals surface area contributed by atoms with Crippen LogP contribution >= 0.6 is 15.9 Å². The Labute approximate surface area is 109 Å². The molecule has 2 atom stereocenters. The second-order valence-electron chi connectivity index (χ2n) is 4.24. The maximum Gasteiger partial charge on any atom is 0.253 e. The Morgan fingerprint density at radius 1 is 1.53 bits per heavy atom. The van der Waals surface area contributed by atoms with E-state index < -0.39 is 0 Å². The number of nitrogen functional groups attached to an aromatic ring is 1. The largest absolute Gasteiger partial charge is 0.399 e. The van der Waals surface area contributed by atoms with E-state index in [-0.39, 0.29) is 18.1 Å². The lowest BCUT2D eigenvalue weighted by atomic mass is 10.2. The van der Waals surface area contributed by atoms with Crippen molar-refractivity contribution in [1.29, 1.82) is 0 Å². The van der Waals surface area contributed by atoms with Crippen LogP contribution in [0, 0.1) is 0 Å². The van der Waals surface area contributed by atoms with Crippen LogP contribution in [0.4, 0.5) is 11.4 Å². The predicted molar refractivity (Wildman–Crippen MR) is 70.8 cm³/mol. The molecule has 0 aromatic heterocycles. The summed E-state index contributed by atoms with van der Waals surface area (Å²) in [5.41, 5.74) is 6.97. The molecule has 17 heavy (non-hydrogen) atoms. The molecule has 0 bridgehead atoms. The van der Waals surface area contributed by atoms with Crippen molar-refractivity contribution in [2.24, 2.45) is 0 Å². The lowest BCUT2D eigenvalue weighted by Crippen LogP contribution is -2.27. The summed E-state index contributed by atoms with van der Waals surface area (Å²) in [6, 6.07) is 5.30. The summed E-state index contributed by atoms with van der Waals surface area (Å²) in [6.45, 7) is 1.98. The van der Waals surface area contributed by atoms with E-state index >= 15 is 0 Å². The van der Waals surface area contributed by atoms with E-state index in [2.05, 4.69) is 21.2 Å². The normalized spacial score (nSPS) is 23.6. The van der Waals surface area contributed by atoms with Gasteiger partial charge in [-0.1, -0.05) is 0 Å². The highest BCUT2D eigenvalue weighted by molar-refractivity contribution is 9.10. The maximum absolute atomic E-state index is 11.9. The summed E-state index contributed by atoms with van der Waals surface area (Å²) < 4.78 is 6.32. The van der Waals surface area contributed by atoms with E-state index in [1.807, 2.05) is 13.0 Å². The number of hydrogen-bond acceptors (Lipinski definition) is 3. The van der Waals surface area contributed by atoms with Crippen LogP contribution in [0.5, 0.6) is 0 Å². The summed E-state index contributed by atoms with van der Waals surface area (Å²) in [5, 5.41) is 2.82. The lowest BCUT2D eigenvalue weighted by molar-refractivity contribution is -0.126. The Balaban J connectivity index is 2.05. The number of amides is 1. The molecule has 1 aliphatic rings. The highest BCUT2D eigenvalue weighted by atomic mass is 79.9. The van der Waals surface area contributed by atoms with Crippen LogP contribution < -0.4 is 11.1 Å². The lowest BCUT2D eigenvalue weighted by Gasteiger charge is -2.13. The molecule has 0 spiro atoms. The van der Waals surface area contributed by atoms with Crippen LogP contribution in [0.25, 0.3) is 0 Å². The molecule has 1 aromatic rings. The third kappa shape index (κ3) is 2.98. The van der Waals surface area contributed by atoms with E-state index in [9.17, 15) is 4.79 Å². The quantitative estimate of drug-likeness (QED) is 0.825. The molecular formula is C12H15BrN2O2. The fraction of sp³-hybridized carbons (Fsp3) is 0.417. The standard InChI is InChI=1S/C12H15BrN2O2/c1-7-2-5-11(17-7)12(16)15-10-6-8(14)3-4-9(10)13/h3-4,6-7,11H,2,5,14H2,1H3,(H,15,16). The molecule has 5 heteroatoms. The molecular weight excluding hydrogens is 284 g/mol. The van der Waals surface area contributed by atoms with Crippen molar-refractivity contribution in [3.8, 4) is 0 Å². The van der Waals surface area contributed by atoms with Gasteiger partial charge in [0.05, 0.1) is 11.8 Å². The Hall–Kier alpha value is -1.07. The van der Waals surface area contributed by atoms with Crippen LogP contribution in [0.3, 0.4) is 0 Å². The average Bonchev–Trinajstić information content (AvgIpc) is 2.70. The van der Waals surface area contributed by atoms with Gasteiger partial charge in [0.25, 0.3) is 5.91 Å². The molecule has 0 radical (unpaired) electrons. The third-order valence-corrected chi connectivity index (χ3v) is 3.46. The van der Waals surface area contributed by atoms with Crippen LogP contribution in [-0.4, -0.2) is 18.1 Å². The minimum absolute atomic E-state index is 0.111. The number of nitrogens with one attached hydrogen (secondary N) is 1. The van der Waals surface area contributed by atoms with Crippen LogP contribution in [0.1, 0.15) is 19.8 Å². The first-order valence-corrected chi connectivity index (χ1v) is 6.37. The van der Waals surface area contributed by atoms with Crippen molar-refractivity contribution < 1.29 is 9.53 Å². The van der Waals surface area contributed by atoms with Gasteiger partial charge < -0.3 is 15.8 Å². The highest BCUT2D eigenvalue weighted by Crippen LogP contribution is 2.26. The first-order valence-electron chi connectivity index (χ1n) is 5.57. The number of hydrogen-bond donors (Lipinski definition) is 2. The fourth-order valence-corrected chi connectivity index (χ4v) is 2.19. The summed E-state index contributed by atoms with van der Waals surface area (Å²) in [6.07, 6.45) is 1.51. The molecule has 1 heterocycles. The number of nitrogens with two attached hydrogens (primary N) is 1. The summed E-state index contributed by atoms with van der Waals surface area (Å²) in [5.74, 6) is -0.111. The van der Waals surface area contributed by atoms with Gasteiger partial charge in [-0.3, -0.25) is 4.79 Å². The van der Waals surface area contributed by atoms with E-state index in [4.69, 9.17) is 10.5 Å².